The lowest BCUT2D eigenvalue weighted by molar-refractivity contribution is -0.125. The fourth-order valence-electron chi connectivity index (χ4n) is 2.16. The number of carbonyl (C=O) groups excluding carboxylic acids is 2. The number of aryl methyl sites for hydroxylation is 2. The van der Waals surface area contributed by atoms with Gasteiger partial charge in [0, 0.05) is 11.6 Å². The van der Waals surface area contributed by atoms with Crippen molar-refractivity contribution >= 4 is 11.8 Å². The van der Waals surface area contributed by atoms with E-state index >= 15 is 0 Å². The zero-order valence-electron chi connectivity index (χ0n) is 10.2. The summed E-state index contributed by atoms with van der Waals surface area (Å²) in [5, 5.41) is 5.42. The Labute approximate surface area is 99.6 Å². The molecule has 1 aromatic heterocycles. The quantitative estimate of drug-likeness (QED) is 0.767. The van der Waals surface area contributed by atoms with Gasteiger partial charge in [-0.15, -0.1) is 0 Å². The molecule has 1 aliphatic rings. The Balaban J connectivity index is 2.07. The summed E-state index contributed by atoms with van der Waals surface area (Å²) in [6.07, 6.45) is 0.207. The smallest absolute Gasteiger partial charge is 0.244 e. The van der Waals surface area contributed by atoms with Crippen LogP contribution in [0.3, 0.4) is 0 Å². The van der Waals surface area contributed by atoms with Crippen molar-refractivity contribution in [2.75, 3.05) is 0 Å². The van der Waals surface area contributed by atoms with Crippen molar-refractivity contribution in [3.05, 3.63) is 23.2 Å². The molecule has 1 aromatic rings. The first-order valence-corrected chi connectivity index (χ1v) is 5.64. The minimum atomic E-state index is -0.438. The summed E-state index contributed by atoms with van der Waals surface area (Å²) in [5.74, 6) is 1.21. The van der Waals surface area contributed by atoms with Gasteiger partial charge in [0.2, 0.25) is 11.8 Å². The summed E-state index contributed by atoms with van der Waals surface area (Å²) in [5.41, 5.74) is 1.02. The van der Waals surface area contributed by atoms with Gasteiger partial charge in [0.15, 0.2) is 0 Å². The second-order valence-electron chi connectivity index (χ2n) is 4.43. The van der Waals surface area contributed by atoms with E-state index in [1.807, 2.05) is 26.8 Å². The average molecular weight is 236 g/mol. The van der Waals surface area contributed by atoms with Crippen molar-refractivity contribution in [3.63, 3.8) is 0 Å². The van der Waals surface area contributed by atoms with Crippen LogP contribution in [0.2, 0.25) is 0 Å². The predicted octanol–water partition coefficient (Wildman–Crippen LogP) is 0.962. The fraction of sp³-hybridized carbons (Fsp3) is 0.500. The summed E-state index contributed by atoms with van der Waals surface area (Å²) in [6, 6.07) is 1.49. The summed E-state index contributed by atoms with van der Waals surface area (Å²) in [7, 11) is 0. The number of hydrogen-bond acceptors (Lipinski definition) is 4. The standard InChI is InChI=1S/C12H16N2O3/c1-6-4-9(8(3)17-6)7(2)13-10-5-11(15)14-12(10)16/h4,7,10,13H,5H2,1-3H3,(H,14,15,16). The van der Waals surface area contributed by atoms with E-state index in [-0.39, 0.29) is 24.3 Å². The molecule has 1 saturated heterocycles. The zero-order valence-corrected chi connectivity index (χ0v) is 10.2. The van der Waals surface area contributed by atoms with Gasteiger partial charge in [0.05, 0.1) is 12.5 Å². The molecule has 2 amide bonds. The molecule has 2 unspecified atom stereocenters. The Morgan fingerprint density at radius 3 is 2.65 bits per heavy atom. The Kier molecular flexibility index (Phi) is 3.02. The van der Waals surface area contributed by atoms with E-state index in [0.29, 0.717) is 0 Å². The topological polar surface area (TPSA) is 71.3 Å². The van der Waals surface area contributed by atoms with E-state index < -0.39 is 6.04 Å². The molecule has 5 nitrogen and oxygen atoms in total. The molecule has 5 heteroatoms. The van der Waals surface area contributed by atoms with Gasteiger partial charge in [-0.05, 0) is 26.8 Å². The number of amides is 2. The van der Waals surface area contributed by atoms with Crippen LogP contribution in [0.1, 0.15) is 36.5 Å². The summed E-state index contributed by atoms with van der Waals surface area (Å²) >= 11 is 0. The molecule has 2 rings (SSSR count). The maximum Gasteiger partial charge on any atom is 0.244 e. The van der Waals surface area contributed by atoms with Crippen LogP contribution in [-0.4, -0.2) is 17.9 Å². The first-order chi connectivity index (χ1) is 7.97. The van der Waals surface area contributed by atoms with Crippen LogP contribution in [0.5, 0.6) is 0 Å². The van der Waals surface area contributed by atoms with Gasteiger partial charge in [-0.3, -0.25) is 20.2 Å². The first-order valence-electron chi connectivity index (χ1n) is 5.64. The molecule has 0 aromatic carbocycles. The number of nitrogens with one attached hydrogen (secondary N) is 2. The highest BCUT2D eigenvalue weighted by Gasteiger charge is 2.31. The lowest BCUT2D eigenvalue weighted by Gasteiger charge is -2.16. The van der Waals surface area contributed by atoms with Gasteiger partial charge in [-0.2, -0.15) is 0 Å². The van der Waals surface area contributed by atoms with Gasteiger partial charge in [0.25, 0.3) is 0 Å². The number of rotatable bonds is 3. The maximum absolute atomic E-state index is 11.4. The predicted molar refractivity (Wildman–Crippen MR) is 61.3 cm³/mol. The highest BCUT2D eigenvalue weighted by molar-refractivity contribution is 6.05. The van der Waals surface area contributed by atoms with Crippen LogP contribution >= 0.6 is 0 Å². The Bertz CT molecular complexity index is 464. The van der Waals surface area contributed by atoms with E-state index in [1.165, 1.54) is 0 Å². The second kappa shape index (κ2) is 4.33. The van der Waals surface area contributed by atoms with Gasteiger partial charge in [-0.1, -0.05) is 0 Å². The van der Waals surface area contributed by atoms with Crippen molar-refractivity contribution in [2.45, 2.75) is 39.3 Å². The molecule has 2 atom stereocenters. The third-order valence-electron chi connectivity index (χ3n) is 2.97. The normalized spacial score (nSPS) is 21.7. The Morgan fingerprint density at radius 1 is 1.47 bits per heavy atom. The lowest BCUT2D eigenvalue weighted by atomic mass is 10.1. The lowest BCUT2D eigenvalue weighted by Crippen LogP contribution is -2.37. The van der Waals surface area contributed by atoms with Gasteiger partial charge in [-0.25, -0.2) is 0 Å². The number of furan rings is 1. The van der Waals surface area contributed by atoms with Crippen molar-refractivity contribution in [2.24, 2.45) is 0 Å². The average Bonchev–Trinajstić information content (AvgIpc) is 2.70. The van der Waals surface area contributed by atoms with E-state index in [9.17, 15) is 9.59 Å². The Hall–Kier alpha value is -1.62. The third-order valence-corrected chi connectivity index (χ3v) is 2.97. The summed E-state index contributed by atoms with van der Waals surface area (Å²) in [4.78, 5) is 22.5. The van der Waals surface area contributed by atoms with Gasteiger partial charge < -0.3 is 4.42 Å². The van der Waals surface area contributed by atoms with E-state index in [1.54, 1.807) is 0 Å². The molecule has 0 saturated carbocycles. The molecule has 2 N–H and O–H groups in total. The number of hydrogen-bond donors (Lipinski definition) is 2. The molecule has 1 aliphatic heterocycles. The van der Waals surface area contributed by atoms with E-state index in [0.717, 1.165) is 17.1 Å². The summed E-state index contributed by atoms with van der Waals surface area (Å²) < 4.78 is 5.44. The van der Waals surface area contributed by atoms with Gasteiger partial charge in [0.1, 0.15) is 11.5 Å². The van der Waals surface area contributed by atoms with Crippen molar-refractivity contribution in [3.8, 4) is 0 Å². The van der Waals surface area contributed by atoms with E-state index in [2.05, 4.69) is 10.6 Å². The molecule has 0 bridgehead atoms. The molecule has 1 fully saturated rings. The molecular weight excluding hydrogens is 220 g/mol. The molecule has 0 aliphatic carbocycles. The summed E-state index contributed by atoms with van der Waals surface area (Å²) in [6.45, 7) is 5.72. The molecular formula is C12H16N2O3. The van der Waals surface area contributed by atoms with Crippen molar-refractivity contribution < 1.29 is 14.0 Å². The zero-order chi connectivity index (χ0) is 12.6. The maximum atomic E-state index is 11.4. The van der Waals surface area contributed by atoms with Crippen LogP contribution in [-0.2, 0) is 9.59 Å². The highest BCUT2D eigenvalue weighted by atomic mass is 16.3. The first kappa shape index (κ1) is 11.9. The van der Waals surface area contributed by atoms with Gasteiger partial charge >= 0.3 is 0 Å². The third kappa shape index (κ3) is 2.39. The molecule has 0 radical (unpaired) electrons. The van der Waals surface area contributed by atoms with Crippen molar-refractivity contribution in [1.82, 2.24) is 10.6 Å². The largest absolute Gasteiger partial charge is 0.466 e. The highest BCUT2D eigenvalue weighted by Crippen LogP contribution is 2.22. The monoisotopic (exact) mass is 236 g/mol. The van der Waals surface area contributed by atoms with Crippen LogP contribution < -0.4 is 10.6 Å². The van der Waals surface area contributed by atoms with Crippen molar-refractivity contribution in [1.29, 1.82) is 0 Å². The molecule has 2 heterocycles. The van der Waals surface area contributed by atoms with Crippen LogP contribution in [0, 0.1) is 13.8 Å². The minimum Gasteiger partial charge on any atom is -0.466 e. The molecule has 0 spiro atoms. The second-order valence-corrected chi connectivity index (χ2v) is 4.43. The minimum absolute atomic E-state index is 0.0194. The van der Waals surface area contributed by atoms with Crippen LogP contribution in [0.4, 0.5) is 0 Å². The van der Waals surface area contributed by atoms with Crippen LogP contribution in [0.15, 0.2) is 10.5 Å². The number of carbonyl (C=O) groups is 2. The molecule has 92 valence electrons. The number of imide groups is 1. The van der Waals surface area contributed by atoms with Crippen LogP contribution in [0.25, 0.3) is 0 Å². The Morgan fingerprint density at radius 2 is 2.18 bits per heavy atom. The fourth-order valence-corrected chi connectivity index (χ4v) is 2.16. The SMILES string of the molecule is Cc1cc(C(C)NC2CC(=O)NC2=O)c(C)o1. The molecule has 17 heavy (non-hydrogen) atoms. The van der Waals surface area contributed by atoms with E-state index in [4.69, 9.17) is 4.42 Å².